The van der Waals surface area contributed by atoms with Gasteiger partial charge in [-0.05, 0) is 37.0 Å². The van der Waals surface area contributed by atoms with Crippen LogP contribution in [0.5, 0.6) is 0 Å². The molecule has 5 heteroatoms. The van der Waals surface area contributed by atoms with E-state index in [4.69, 9.17) is 16.3 Å². The first-order chi connectivity index (χ1) is 10.2. The number of nitrogens with zero attached hydrogens (tertiary/aromatic N) is 1. The molecule has 4 nitrogen and oxygen atoms in total. The van der Waals surface area contributed by atoms with Crippen LogP contribution in [0.1, 0.15) is 24.8 Å². The molecule has 1 heterocycles. The number of carbonyl (C=O) groups excluding carboxylic acids is 1. The summed E-state index contributed by atoms with van der Waals surface area (Å²) in [6.07, 6.45) is 3.82. The van der Waals surface area contributed by atoms with E-state index in [1.165, 1.54) is 6.42 Å². The largest absolute Gasteiger partial charge is 0.375 e. The van der Waals surface area contributed by atoms with Crippen LogP contribution in [0.2, 0.25) is 5.02 Å². The highest BCUT2D eigenvalue weighted by Gasteiger charge is 2.36. The third-order valence-electron chi connectivity index (χ3n) is 4.35. The van der Waals surface area contributed by atoms with Crippen LogP contribution in [0.3, 0.4) is 0 Å². The minimum atomic E-state index is 0.0810. The van der Waals surface area contributed by atoms with Crippen LogP contribution in [0.15, 0.2) is 24.3 Å². The number of nitrogens with one attached hydrogen (secondary N) is 1. The molecule has 114 valence electrons. The van der Waals surface area contributed by atoms with Crippen molar-refractivity contribution in [1.82, 2.24) is 10.2 Å². The highest BCUT2D eigenvalue weighted by Crippen LogP contribution is 2.29. The lowest BCUT2D eigenvalue weighted by Crippen LogP contribution is -2.51. The van der Waals surface area contributed by atoms with Gasteiger partial charge in [0.25, 0.3) is 0 Å². The zero-order chi connectivity index (χ0) is 14.7. The summed E-state index contributed by atoms with van der Waals surface area (Å²) in [6.45, 7) is 2.62. The second kappa shape index (κ2) is 6.77. The van der Waals surface area contributed by atoms with Crippen molar-refractivity contribution < 1.29 is 9.53 Å². The predicted octanol–water partition coefficient (Wildman–Crippen LogP) is 2.21. The zero-order valence-corrected chi connectivity index (χ0v) is 12.8. The second-order valence-electron chi connectivity index (χ2n) is 5.78. The summed E-state index contributed by atoms with van der Waals surface area (Å²) < 4.78 is 5.77. The number of hydrogen-bond donors (Lipinski definition) is 1. The number of fused-ring (bicyclic) bond motifs is 1. The van der Waals surface area contributed by atoms with Crippen molar-refractivity contribution in [2.45, 2.75) is 38.0 Å². The molecule has 0 bridgehead atoms. The Hall–Kier alpha value is -1.10. The van der Waals surface area contributed by atoms with Crippen molar-refractivity contribution >= 4 is 17.5 Å². The van der Waals surface area contributed by atoms with Gasteiger partial charge in [0.1, 0.15) is 0 Å². The van der Waals surface area contributed by atoms with Crippen molar-refractivity contribution in [1.29, 1.82) is 0 Å². The number of carbonyl (C=O) groups is 1. The van der Waals surface area contributed by atoms with E-state index in [0.717, 1.165) is 31.6 Å². The molecule has 3 rings (SSSR count). The average Bonchev–Trinajstić information content (AvgIpc) is 2.96. The number of rotatable bonds is 4. The van der Waals surface area contributed by atoms with E-state index in [9.17, 15) is 4.79 Å². The first kappa shape index (κ1) is 14.8. The fourth-order valence-electron chi connectivity index (χ4n) is 3.25. The Morgan fingerprint density at radius 1 is 1.33 bits per heavy atom. The number of amides is 1. The molecular formula is C16H21ClN2O2. The van der Waals surface area contributed by atoms with Gasteiger partial charge in [0.2, 0.25) is 5.91 Å². The maximum Gasteiger partial charge on any atom is 0.234 e. The quantitative estimate of drug-likeness (QED) is 0.927. The van der Waals surface area contributed by atoms with Crippen LogP contribution in [0, 0.1) is 0 Å². The van der Waals surface area contributed by atoms with Gasteiger partial charge in [-0.25, -0.2) is 0 Å². The molecule has 0 aromatic heterocycles. The van der Waals surface area contributed by atoms with Crippen molar-refractivity contribution in [2.24, 2.45) is 0 Å². The van der Waals surface area contributed by atoms with E-state index >= 15 is 0 Å². The molecule has 1 N–H and O–H groups in total. The van der Waals surface area contributed by atoms with Crippen LogP contribution < -0.4 is 5.32 Å². The fourth-order valence-corrected chi connectivity index (χ4v) is 3.37. The van der Waals surface area contributed by atoms with Crippen molar-refractivity contribution in [3.63, 3.8) is 0 Å². The molecule has 21 heavy (non-hydrogen) atoms. The van der Waals surface area contributed by atoms with Crippen LogP contribution in [0.25, 0.3) is 0 Å². The maximum absolute atomic E-state index is 12.1. The van der Waals surface area contributed by atoms with Gasteiger partial charge < -0.3 is 10.1 Å². The van der Waals surface area contributed by atoms with Gasteiger partial charge in [-0.1, -0.05) is 23.7 Å². The lowest BCUT2D eigenvalue weighted by atomic mass is 10.1. The molecule has 1 aromatic rings. The summed E-state index contributed by atoms with van der Waals surface area (Å²) in [4.78, 5) is 14.4. The normalized spacial score (nSPS) is 25.6. The number of benzene rings is 1. The van der Waals surface area contributed by atoms with Gasteiger partial charge in [-0.15, -0.1) is 0 Å². The smallest absolute Gasteiger partial charge is 0.234 e. The van der Waals surface area contributed by atoms with Crippen LogP contribution in [-0.4, -0.2) is 42.6 Å². The van der Waals surface area contributed by atoms with E-state index in [2.05, 4.69) is 10.2 Å². The molecule has 2 atom stereocenters. The van der Waals surface area contributed by atoms with Gasteiger partial charge in [0, 0.05) is 24.2 Å². The Balaban J connectivity index is 1.48. The van der Waals surface area contributed by atoms with Crippen LogP contribution in [0.4, 0.5) is 0 Å². The van der Waals surface area contributed by atoms with E-state index in [1.54, 1.807) is 0 Å². The molecule has 0 spiro atoms. The van der Waals surface area contributed by atoms with Gasteiger partial charge in [0.05, 0.1) is 19.3 Å². The van der Waals surface area contributed by atoms with E-state index < -0.39 is 0 Å². The summed E-state index contributed by atoms with van der Waals surface area (Å²) in [6, 6.07) is 7.98. The van der Waals surface area contributed by atoms with Crippen molar-refractivity contribution in [3.8, 4) is 0 Å². The predicted molar refractivity (Wildman–Crippen MR) is 82.3 cm³/mol. The molecule has 1 saturated heterocycles. The van der Waals surface area contributed by atoms with Gasteiger partial charge >= 0.3 is 0 Å². The lowest BCUT2D eigenvalue weighted by molar-refractivity contribution is -0.126. The Morgan fingerprint density at radius 2 is 2.14 bits per heavy atom. The third-order valence-corrected chi connectivity index (χ3v) is 4.60. The summed E-state index contributed by atoms with van der Waals surface area (Å²) in [5, 5.41) is 3.69. The minimum Gasteiger partial charge on any atom is -0.375 e. The van der Waals surface area contributed by atoms with Crippen molar-refractivity contribution in [2.75, 3.05) is 19.7 Å². The summed E-state index contributed by atoms with van der Waals surface area (Å²) in [5.74, 6) is 0.0810. The monoisotopic (exact) mass is 308 g/mol. The molecule has 1 aliphatic carbocycles. The highest BCUT2D eigenvalue weighted by atomic mass is 35.5. The Bertz CT molecular complexity index is 492. The average molecular weight is 309 g/mol. The number of ether oxygens (including phenoxy) is 1. The third kappa shape index (κ3) is 3.76. The molecule has 2 aliphatic rings. The summed E-state index contributed by atoms with van der Waals surface area (Å²) >= 11 is 5.85. The molecule has 1 aliphatic heterocycles. The fraction of sp³-hybridized carbons (Fsp3) is 0.562. The molecule has 1 saturated carbocycles. The van der Waals surface area contributed by atoms with Gasteiger partial charge in [0.15, 0.2) is 0 Å². The number of morpholine rings is 1. The standard InChI is InChI=1S/C16H21ClN2O2/c17-13-6-4-12(5-7-13)10-18-16(20)11-19-8-9-21-15-3-1-2-14(15)19/h4-7,14-15H,1-3,8-11H2,(H,18,20)/t14-,15+/m0/s1. The minimum absolute atomic E-state index is 0.0810. The molecule has 1 amide bonds. The summed E-state index contributed by atoms with van der Waals surface area (Å²) in [5.41, 5.74) is 1.06. The molecule has 0 radical (unpaired) electrons. The highest BCUT2D eigenvalue weighted by molar-refractivity contribution is 6.30. The Morgan fingerprint density at radius 3 is 2.95 bits per heavy atom. The second-order valence-corrected chi connectivity index (χ2v) is 6.22. The zero-order valence-electron chi connectivity index (χ0n) is 12.1. The first-order valence-corrected chi connectivity index (χ1v) is 7.97. The molecule has 1 aromatic carbocycles. The first-order valence-electron chi connectivity index (χ1n) is 7.59. The molecular weight excluding hydrogens is 288 g/mol. The lowest BCUT2D eigenvalue weighted by Gasteiger charge is -2.37. The SMILES string of the molecule is O=C(CN1CCO[C@@H]2CCC[C@@H]21)NCc1ccc(Cl)cc1. The van der Waals surface area contributed by atoms with E-state index in [-0.39, 0.29) is 5.91 Å². The van der Waals surface area contributed by atoms with Crippen molar-refractivity contribution in [3.05, 3.63) is 34.9 Å². The Labute approximate surface area is 130 Å². The maximum atomic E-state index is 12.1. The topological polar surface area (TPSA) is 41.6 Å². The van der Waals surface area contributed by atoms with Gasteiger partial charge in [-0.2, -0.15) is 0 Å². The molecule has 2 fully saturated rings. The van der Waals surface area contributed by atoms with E-state index in [0.29, 0.717) is 30.3 Å². The van der Waals surface area contributed by atoms with Gasteiger partial charge in [-0.3, -0.25) is 9.69 Å². The van der Waals surface area contributed by atoms with E-state index in [1.807, 2.05) is 24.3 Å². The molecule has 0 unspecified atom stereocenters. The summed E-state index contributed by atoms with van der Waals surface area (Å²) in [7, 11) is 0. The Kier molecular flexibility index (Phi) is 4.78. The van der Waals surface area contributed by atoms with Crippen LogP contribution in [-0.2, 0) is 16.1 Å². The number of halogens is 1. The van der Waals surface area contributed by atoms with Crippen LogP contribution >= 0.6 is 11.6 Å². The number of hydrogen-bond acceptors (Lipinski definition) is 3.